The molecular formula is C21H26O8. The number of aliphatic hydroxyl groups is 2. The number of aliphatic hydroxyl groups excluding tert-OH is 2. The number of hydrogen-bond donors (Lipinski definition) is 5. The first kappa shape index (κ1) is 21.2. The van der Waals surface area contributed by atoms with Crippen molar-refractivity contribution >= 4 is 0 Å². The molecule has 8 heteroatoms. The van der Waals surface area contributed by atoms with E-state index in [-0.39, 0.29) is 29.6 Å². The zero-order chi connectivity index (χ0) is 21.2. The summed E-state index contributed by atoms with van der Waals surface area (Å²) in [5, 5.41) is 50.6. The van der Waals surface area contributed by atoms with Gasteiger partial charge in [-0.05, 0) is 48.2 Å². The molecule has 0 unspecified atom stereocenters. The minimum Gasteiger partial charge on any atom is -0.508 e. The van der Waals surface area contributed by atoms with Gasteiger partial charge in [-0.1, -0.05) is 12.1 Å². The zero-order valence-corrected chi connectivity index (χ0v) is 16.3. The van der Waals surface area contributed by atoms with Crippen LogP contribution in [0.5, 0.6) is 23.0 Å². The van der Waals surface area contributed by atoms with Crippen LogP contribution in [-0.2, 0) is 15.9 Å². The number of phenolic OH excluding ortho intramolecular Hbond substituents is 3. The number of methoxy groups -OCH3 is 2. The first-order chi connectivity index (χ1) is 13.8. The molecular weight excluding hydrogens is 380 g/mol. The van der Waals surface area contributed by atoms with Crippen LogP contribution in [0, 0.1) is 0 Å². The number of ether oxygens (including phenoxy) is 3. The Labute approximate surface area is 168 Å². The van der Waals surface area contributed by atoms with Gasteiger partial charge in [-0.2, -0.15) is 0 Å². The Bertz CT molecular complexity index is 837. The molecule has 0 aromatic heterocycles. The first-order valence-corrected chi connectivity index (χ1v) is 9.27. The highest BCUT2D eigenvalue weighted by molar-refractivity contribution is 5.52. The Morgan fingerprint density at radius 2 is 1.83 bits per heavy atom. The van der Waals surface area contributed by atoms with Crippen LogP contribution in [0.25, 0.3) is 0 Å². The molecule has 0 radical (unpaired) electrons. The topological polar surface area (TPSA) is 129 Å². The summed E-state index contributed by atoms with van der Waals surface area (Å²) in [7, 11) is 2.64. The molecule has 158 valence electrons. The molecule has 1 aliphatic rings. The van der Waals surface area contributed by atoms with E-state index in [0.717, 1.165) is 5.56 Å². The van der Waals surface area contributed by atoms with Crippen LogP contribution in [0.2, 0.25) is 0 Å². The summed E-state index contributed by atoms with van der Waals surface area (Å²) in [5.74, 6) is -2.48. The maximum absolute atomic E-state index is 10.9. The summed E-state index contributed by atoms with van der Waals surface area (Å²) in [5.41, 5.74) is 1.17. The van der Waals surface area contributed by atoms with Crippen LogP contribution in [0.1, 0.15) is 30.1 Å². The van der Waals surface area contributed by atoms with Gasteiger partial charge in [-0.3, -0.25) is 0 Å². The predicted molar refractivity (Wildman–Crippen MR) is 103 cm³/mol. The smallest absolute Gasteiger partial charge is 0.225 e. The van der Waals surface area contributed by atoms with E-state index >= 15 is 0 Å². The van der Waals surface area contributed by atoms with Gasteiger partial charge in [0.1, 0.15) is 18.0 Å². The van der Waals surface area contributed by atoms with E-state index in [0.29, 0.717) is 12.8 Å². The molecule has 2 aromatic carbocycles. The van der Waals surface area contributed by atoms with Crippen LogP contribution in [0.4, 0.5) is 0 Å². The fourth-order valence-corrected chi connectivity index (χ4v) is 3.67. The molecule has 4 atom stereocenters. The molecule has 0 bridgehead atoms. The van der Waals surface area contributed by atoms with Crippen molar-refractivity contribution in [3.63, 3.8) is 0 Å². The molecule has 29 heavy (non-hydrogen) atoms. The quantitative estimate of drug-likeness (QED) is 0.442. The lowest BCUT2D eigenvalue weighted by Gasteiger charge is -2.35. The van der Waals surface area contributed by atoms with Crippen molar-refractivity contribution in [3.8, 4) is 23.0 Å². The predicted octanol–water partition coefficient (Wildman–Crippen LogP) is 1.97. The molecule has 1 fully saturated rings. The third-order valence-electron chi connectivity index (χ3n) is 5.31. The molecule has 0 saturated carbocycles. The van der Waals surface area contributed by atoms with E-state index in [1.54, 1.807) is 12.1 Å². The van der Waals surface area contributed by atoms with Gasteiger partial charge in [0.25, 0.3) is 0 Å². The highest BCUT2D eigenvalue weighted by atomic mass is 16.7. The van der Waals surface area contributed by atoms with Gasteiger partial charge < -0.3 is 39.7 Å². The Morgan fingerprint density at radius 3 is 2.45 bits per heavy atom. The summed E-state index contributed by atoms with van der Waals surface area (Å²) < 4.78 is 16.4. The minimum absolute atomic E-state index is 0.0262. The molecule has 0 amide bonds. The first-order valence-electron chi connectivity index (χ1n) is 9.27. The lowest BCUT2D eigenvalue weighted by atomic mass is 9.95. The summed E-state index contributed by atoms with van der Waals surface area (Å²) in [6, 6.07) is 9.35. The van der Waals surface area contributed by atoms with E-state index in [9.17, 15) is 25.5 Å². The van der Waals surface area contributed by atoms with Gasteiger partial charge in [-0.25, -0.2) is 0 Å². The highest BCUT2D eigenvalue weighted by Crippen LogP contribution is 2.45. The van der Waals surface area contributed by atoms with Crippen molar-refractivity contribution in [2.75, 3.05) is 14.2 Å². The molecule has 1 saturated heterocycles. The molecule has 0 aliphatic carbocycles. The monoisotopic (exact) mass is 406 g/mol. The lowest BCUT2D eigenvalue weighted by molar-refractivity contribution is -0.292. The second kappa shape index (κ2) is 8.46. The van der Waals surface area contributed by atoms with E-state index < -0.39 is 29.5 Å². The molecule has 2 aromatic rings. The fraction of sp³-hybridized carbons (Fsp3) is 0.429. The Morgan fingerprint density at radius 1 is 1.14 bits per heavy atom. The standard InChI is InChI=1S/C21H26O8/c1-27-17-10-13(9-16(23)19(17)25)20(26)21(28-2)18(24)11-15(29-21)8-5-12-3-6-14(22)7-4-12/h3-4,6-7,9-10,15,18,20,22-26H,5,8,11H2,1-2H3/t15-,18-,20-,21-/m0/s1. The molecule has 3 rings (SSSR count). The summed E-state index contributed by atoms with van der Waals surface area (Å²) >= 11 is 0. The molecule has 1 aliphatic heterocycles. The molecule has 8 nitrogen and oxygen atoms in total. The van der Waals surface area contributed by atoms with Crippen LogP contribution in [-0.4, -0.2) is 57.7 Å². The number of phenols is 3. The second-order valence-electron chi connectivity index (χ2n) is 7.12. The zero-order valence-electron chi connectivity index (χ0n) is 16.3. The van der Waals surface area contributed by atoms with E-state index in [1.165, 1.54) is 26.4 Å². The SMILES string of the molecule is COc1cc([C@H](O)[C@@]2(OC)O[C@@H](CCc3ccc(O)cc3)C[C@@H]2O)cc(O)c1O. The van der Waals surface area contributed by atoms with Crippen molar-refractivity contribution in [3.05, 3.63) is 47.5 Å². The number of rotatable bonds is 7. The minimum atomic E-state index is -1.73. The van der Waals surface area contributed by atoms with Crippen molar-refractivity contribution in [1.82, 2.24) is 0 Å². The van der Waals surface area contributed by atoms with Gasteiger partial charge in [0.2, 0.25) is 11.5 Å². The average Bonchev–Trinajstić information content (AvgIpc) is 3.05. The summed E-state index contributed by atoms with van der Waals surface area (Å²) in [6.07, 6.45) is -1.45. The van der Waals surface area contributed by atoms with Crippen LogP contribution < -0.4 is 4.74 Å². The summed E-state index contributed by atoms with van der Waals surface area (Å²) in [4.78, 5) is 0. The molecule has 5 N–H and O–H groups in total. The fourth-order valence-electron chi connectivity index (χ4n) is 3.67. The summed E-state index contributed by atoms with van der Waals surface area (Å²) in [6.45, 7) is 0. The van der Waals surface area contributed by atoms with Crippen molar-refractivity contribution < 1.29 is 39.7 Å². The van der Waals surface area contributed by atoms with Crippen molar-refractivity contribution in [1.29, 1.82) is 0 Å². The third-order valence-corrected chi connectivity index (χ3v) is 5.31. The maximum atomic E-state index is 10.9. The molecule has 0 spiro atoms. The van der Waals surface area contributed by atoms with Crippen LogP contribution in [0.3, 0.4) is 0 Å². The second-order valence-corrected chi connectivity index (χ2v) is 7.12. The van der Waals surface area contributed by atoms with E-state index in [4.69, 9.17) is 14.2 Å². The van der Waals surface area contributed by atoms with E-state index in [1.807, 2.05) is 12.1 Å². The average molecular weight is 406 g/mol. The van der Waals surface area contributed by atoms with Crippen molar-refractivity contribution in [2.24, 2.45) is 0 Å². The largest absolute Gasteiger partial charge is 0.508 e. The van der Waals surface area contributed by atoms with E-state index in [2.05, 4.69) is 0 Å². The van der Waals surface area contributed by atoms with Gasteiger partial charge >= 0.3 is 0 Å². The number of benzene rings is 2. The Kier molecular flexibility index (Phi) is 6.18. The Balaban J connectivity index is 1.77. The normalized spacial score (nSPS) is 25.1. The van der Waals surface area contributed by atoms with Gasteiger partial charge in [0.15, 0.2) is 11.5 Å². The Hall–Kier alpha value is -2.52. The number of aryl methyl sites for hydroxylation is 1. The molecule has 1 heterocycles. The number of hydrogen-bond acceptors (Lipinski definition) is 8. The lowest BCUT2D eigenvalue weighted by Crippen LogP contribution is -2.47. The van der Waals surface area contributed by atoms with Gasteiger partial charge in [0.05, 0.1) is 13.2 Å². The third kappa shape index (κ3) is 4.11. The van der Waals surface area contributed by atoms with Crippen molar-refractivity contribution in [2.45, 2.75) is 43.4 Å². The maximum Gasteiger partial charge on any atom is 0.225 e. The highest BCUT2D eigenvalue weighted by Gasteiger charge is 2.54. The van der Waals surface area contributed by atoms with Crippen LogP contribution in [0.15, 0.2) is 36.4 Å². The van der Waals surface area contributed by atoms with Gasteiger partial charge in [-0.15, -0.1) is 0 Å². The van der Waals surface area contributed by atoms with Crippen LogP contribution >= 0.6 is 0 Å². The van der Waals surface area contributed by atoms with Gasteiger partial charge in [0, 0.05) is 13.5 Å². The number of aromatic hydroxyl groups is 3.